The molecule has 0 atom stereocenters. The van der Waals surface area contributed by atoms with E-state index < -0.39 is 18.5 Å². The Hall–Kier alpha value is -2.70. The molecule has 0 bridgehead atoms. The number of esters is 2. The van der Waals surface area contributed by atoms with E-state index in [-0.39, 0.29) is 11.7 Å². The van der Waals surface area contributed by atoms with Gasteiger partial charge in [-0.1, -0.05) is 0 Å². The number of rotatable bonds is 5. The smallest absolute Gasteiger partial charge is 0.344 e. The normalized spacial score (nSPS) is 10.7. The number of aryl methyl sites for hydroxylation is 2. The number of carbonyl (C=O) groups is 2. The Labute approximate surface area is 134 Å². The maximum absolute atomic E-state index is 11.9. The van der Waals surface area contributed by atoms with E-state index in [9.17, 15) is 9.59 Å². The predicted molar refractivity (Wildman–Crippen MR) is 82.3 cm³/mol. The largest absolute Gasteiger partial charge is 0.460 e. The molecule has 0 aliphatic rings. The van der Waals surface area contributed by atoms with Gasteiger partial charge in [0.15, 0.2) is 12.4 Å². The molecule has 0 amide bonds. The summed E-state index contributed by atoms with van der Waals surface area (Å²) in [5.74, 6) is -0.606. The molecule has 0 saturated carbocycles. The van der Waals surface area contributed by atoms with Crippen LogP contribution in [0.3, 0.4) is 0 Å². The van der Waals surface area contributed by atoms with Crippen molar-refractivity contribution in [3.8, 4) is 5.82 Å². The van der Waals surface area contributed by atoms with Gasteiger partial charge < -0.3 is 9.47 Å². The SMILES string of the molecule is Cc1cc(C)n(-c2ccc(C(=O)OCC(=O)OC(C)C)cn2)n1. The monoisotopic (exact) mass is 317 g/mol. The summed E-state index contributed by atoms with van der Waals surface area (Å²) >= 11 is 0. The van der Waals surface area contributed by atoms with Crippen molar-refractivity contribution in [1.29, 1.82) is 0 Å². The first-order valence-corrected chi connectivity index (χ1v) is 7.23. The van der Waals surface area contributed by atoms with Crippen molar-refractivity contribution in [3.63, 3.8) is 0 Å². The van der Waals surface area contributed by atoms with Crippen molar-refractivity contribution in [2.45, 2.75) is 33.8 Å². The van der Waals surface area contributed by atoms with Crippen molar-refractivity contribution in [3.05, 3.63) is 41.3 Å². The molecule has 2 aromatic rings. The van der Waals surface area contributed by atoms with E-state index in [2.05, 4.69) is 10.1 Å². The van der Waals surface area contributed by atoms with Gasteiger partial charge in [0.25, 0.3) is 0 Å². The van der Waals surface area contributed by atoms with E-state index in [0.29, 0.717) is 5.82 Å². The van der Waals surface area contributed by atoms with Crippen LogP contribution in [0, 0.1) is 13.8 Å². The van der Waals surface area contributed by atoms with Gasteiger partial charge in [-0.15, -0.1) is 0 Å². The summed E-state index contributed by atoms with van der Waals surface area (Å²) in [4.78, 5) is 27.4. The second kappa shape index (κ2) is 7.04. The fourth-order valence-corrected chi connectivity index (χ4v) is 2.00. The molecule has 122 valence electrons. The highest BCUT2D eigenvalue weighted by atomic mass is 16.6. The van der Waals surface area contributed by atoms with Gasteiger partial charge in [-0.3, -0.25) is 0 Å². The molecule has 0 fully saturated rings. The third-order valence-corrected chi connectivity index (χ3v) is 2.90. The fourth-order valence-electron chi connectivity index (χ4n) is 2.00. The van der Waals surface area contributed by atoms with Gasteiger partial charge in [0.1, 0.15) is 0 Å². The first kappa shape index (κ1) is 16.7. The van der Waals surface area contributed by atoms with Gasteiger partial charge in [-0.25, -0.2) is 19.3 Å². The Bertz CT molecular complexity index is 705. The molecule has 0 aromatic carbocycles. The lowest BCUT2D eigenvalue weighted by molar-refractivity contribution is -0.150. The van der Waals surface area contributed by atoms with Crippen LogP contribution in [0.25, 0.3) is 5.82 Å². The summed E-state index contributed by atoms with van der Waals surface area (Å²) in [5.41, 5.74) is 2.09. The zero-order valence-corrected chi connectivity index (χ0v) is 13.6. The number of aromatic nitrogens is 3. The van der Waals surface area contributed by atoms with Crippen LogP contribution < -0.4 is 0 Å². The highest BCUT2D eigenvalue weighted by Gasteiger charge is 2.13. The lowest BCUT2D eigenvalue weighted by Gasteiger charge is -2.08. The van der Waals surface area contributed by atoms with E-state index >= 15 is 0 Å². The topological polar surface area (TPSA) is 83.3 Å². The van der Waals surface area contributed by atoms with Crippen molar-refractivity contribution >= 4 is 11.9 Å². The average Bonchev–Trinajstić information content (AvgIpc) is 2.83. The van der Waals surface area contributed by atoms with E-state index in [1.54, 1.807) is 30.7 Å². The number of carbonyl (C=O) groups excluding carboxylic acids is 2. The molecule has 2 rings (SSSR count). The molecule has 7 nitrogen and oxygen atoms in total. The molecule has 0 N–H and O–H groups in total. The van der Waals surface area contributed by atoms with Crippen LogP contribution in [0.2, 0.25) is 0 Å². The van der Waals surface area contributed by atoms with Crippen LogP contribution in [-0.2, 0) is 14.3 Å². The zero-order valence-electron chi connectivity index (χ0n) is 13.6. The van der Waals surface area contributed by atoms with Crippen LogP contribution in [0.1, 0.15) is 35.6 Å². The summed E-state index contributed by atoms with van der Waals surface area (Å²) < 4.78 is 11.5. The van der Waals surface area contributed by atoms with E-state index in [1.807, 2.05) is 19.9 Å². The highest BCUT2D eigenvalue weighted by Crippen LogP contribution is 2.11. The Kier molecular flexibility index (Phi) is 5.10. The molecule has 23 heavy (non-hydrogen) atoms. The van der Waals surface area contributed by atoms with Crippen LogP contribution in [0.15, 0.2) is 24.4 Å². The first-order chi connectivity index (χ1) is 10.9. The summed E-state index contributed by atoms with van der Waals surface area (Å²) in [6.07, 6.45) is 1.14. The summed E-state index contributed by atoms with van der Waals surface area (Å²) in [7, 11) is 0. The number of nitrogens with zero attached hydrogens (tertiary/aromatic N) is 3. The highest BCUT2D eigenvalue weighted by molar-refractivity contribution is 5.90. The number of pyridine rings is 1. The van der Waals surface area contributed by atoms with Crippen LogP contribution in [0.4, 0.5) is 0 Å². The van der Waals surface area contributed by atoms with Gasteiger partial charge in [-0.2, -0.15) is 5.10 Å². The zero-order chi connectivity index (χ0) is 17.0. The molecule has 0 spiro atoms. The van der Waals surface area contributed by atoms with Gasteiger partial charge >= 0.3 is 11.9 Å². The summed E-state index contributed by atoms with van der Waals surface area (Å²) in [6, 6.07) is 5.18. The van der Waals surface area contributed by atoms with E-state index in [1.165, 1.54) is 6.20 Å². The summed E-state index contributed by atoms with van der Waals surface area (Å²) in [6.45, 7) is 6.84. The molecule has 0 unspecified atom stereocenters. The lowest BCUT2D eigenvalue weighted by atomic mass is 10.3. The molecule has 2 heterocycles. The molecule has 0 aliphatic heterocycles. The van der Waals surface area contributed by atoms with Gasteiger partial charge in [0.2, 0.25) is 0 Å². The number of hydrogen-bond acceptors (Lipinski definition) is 6. The van der Waals surface area contributed by atoms with E-state index in [4.69, 9.17) is 9.47 Å². The molecule has 0 saturated heterocycles. The molecular weight excluding hydrogens is 298 g/mol. The van der Waals surface area contributed by atoms with Crippen LogP contribution >= 0.6 is 0 Å². The fraction of sp³-hybridized carbons (Fsp3) is 0.375. The minimum atomic E-state index is -0.627. The number of hydrogen-bond donors (Lipinski definition) is 0. The predicted octanol–water partition coefficient (Wildman–Crippen LogP) is 1.99. The van der Waals surface area contributed by atoms with Gasteiger partial charge in [0.05, 0.1) is 17.4 Å². The Morgan fingerprint density at radius 3 is 2.52 bits per heavy atom. The third-order valence-electron chi connectivity index (χ3n) is 2.90. The maximum Gasteiger partial charge on any atom is 0.344 e. The first-order valence-electron chi connectivity index (χ1n) is 7.23. The quantitative estimate of drug-likeness (QED) is 0.784. The maximum atomic E-state index is 11.9. The minimum Gasteiger partial charge on any atom is -0.460 e. The lowest BCUT2D eigenvalue weighted by Crippen LogP contribution is -2.19. The molecule has 2 aromatic heterocycles. The standard InChI is InChI=1S/C16H19N3O4/c1-10(2)23-15(20)9-22-16(21)13-5-6-14(17-8-13)19-12(4)7-11(3)18-19/h5-8,10H,9H2,1-4H3. The average molecular weight is 317 g/mol. The Morgan fingerprint density at radius 1 is 1.26 bits per heavy atom. The Balaban J connectivity index is 2.00. The van der Waals surface area contributed by atoms with Crippen molar-refractivity contribution in [2.24, 2.45) is 0 Å². The second-order valence-electron chi connectivity index (χ2n) is 5.36. The minimum absolute atomic E-state index is 0.247. The molecular formula is C16H19N3O4. The van der Waals surface area contributed by atoms with Crippen LogP contribution in [-0.4, -0.2) is 39.4 Å². The molecule has 7 heteroatoms. The van der Waals surface area contributed by atoms with Gasteiger partial charge in [0, 0.05) is 11.9 Å². The molecule has 0 radical (unpaired) electrons. The summed E-state index contributed by atoms with van der Waals surface area (Å²) in [5, 5.41) is 4.32. The van der Waals surface area contributed by atoms with Crippen molar-refractivity contribution in [2.75, 3.05) is 6.61 Å². The number of ether oxygens (including phenoxy) is 2. The molecule has 0 aliphatic carbocycles. The van der Waals surface area contributed by atoms with Crippen molar-refractivity contribution in [1.82, 2.24) is 14.8 Å². The van der Waals surface area contributed by atoms with E-state index in [0.717, 1.165) is 11.4 Å². The van der Waals surface area contributed by atoms with Crippen LogP contribution in [0.5, 0.6) is 0 Å². The second-order valence-corrected chi connectivity index (χ2v) is 5.36. The van der Waals surface area contributed by atoms with Gasteiger partial charge in [-0.05, 0) is 45.9 Å². The third kappa shape index (κ3) is 4.38. The Morgan fingerprint density at radius 2 is 2.00 bits per heavy atom. The van der Waals surface area contributed by atoms with Crippen molar-refractivity contribution < 1.29 is 19.1 Å².